The molecule has 0 spiro atoms. The van der Waals surface area contributed by atoms with E-state index in [0.29, 0.717) is 11.7 Å². The first-order valence-electron chi connectivity index (χ1n) is 5.91. The Hall–Kier alpha value is -0.590. The number of ketones is 1. The first-order chi connectivity index (χ1) is 6.73. The van der Waals surface area contributed by atoms with Crippen LogP contribution in [-0.4, -0.2) is 5.78 Å². The number of allylic oxidation sites excluding steroid dienone is 2. The lowest BCUT2D eigenvalue weighted by Gasteiger charge is -2.42. The molecule has 0 aliphatic heterocycles. The molecule has 0 heterocycles. The molecule has 0 aromatic rings. The highest BCUT2D eigenvalue weighted by atomic mass is 16.1. The van der Waals surface area contributed by atoms with Crippen LogP contribution in [0.5, 0.6) is 0 Å². The molecule has 0 amide bonds. The molecule has 1 fully saturated rings. The molecule has 0 N–H and O–H groups in total. The van der Waals surface area contributed by atoms with Crippen LogP contribution >= 0.6 is 0 Å². The highest BCUT2D eigenvalue weighted by Crippen LogP contribution is 2.67. The lowest BCUT2D eigenvalue weighted by molar-refractivity contribution is -0.126. The van der Waals surface area contributed by atoms with Crippen molar-refractivity contribution >= 4 is 5.78 Å². The Morgan fingerprint density at radius 2 is 1.80 bits per heavy atom. The van der Waals surface area contributed by atoms with E-state index in [4.69, 9.17) is 0 Å². The van der Waals surface area contributed by atoms with E-state index < -0.39 is 0 Å². The molecule has 0 aromatic heterocycles. The summed E-state index contributed by atoms with van der Waals surface area (Å²) in [7, 11) is 0. The van der Waals surface area contributed by atoms with E-state index in [0.717, 1.165) is 0 Å². The normalized spacial score (nSPS) is 42.5. The summed E-state index contributed by atoms with van der Waals surface area (Å²) in [6.07, 6.45) is 1.18. The fourth-order valence-corrected chi connectivity index (χ4v) is 4.59. The lowest BCUT2D eigenvalue weighted by Crippen LogP contribution is -2.40. The van der Waals surface area contributed by atoms with Gasteiger partial charge in [0.15, 0.2) is 0 Å². The Balaban J connectivity index is 2.58. The fraction of sp³-hybridized carbons (Fsp3) is 0.786. The third-order valence-corrected chi connectivity index (χ3v) is 5.28. The van der Waals surface area contributed by atoms with Crippen LogP contribution in [0.3, 0.4) is 0 Å². The predicted octanol–water partition coefficient (Wildman–Crippen LogP) is 3.59. The summed E-state index contributed by atoms with van der Waals surface area (Å²) in [4.78, 5) is 11.9. The number of hydrogen-bond acceptors (Lipinski definition) is 1. The van der Waals surface area contributed by atoms with Crippen LogP contribution in [-0.2, 0) is 4.79 Å². The van der Waals surface area contributed by atoms with Gasteiger partial charge >= 0.3 is 0 Å². The second-order valence-electron chi connectivity index (χ2n) is 6.35. The molecule has 2 aliphatic carbocycles. The summed E-state index contributed by atoms with van der Waals surface area (Å²) >= 11 is 0. The van der Waals surface area contributed by atoms with Gasteiger partial charge in [0.1, 0.15) is 5.78 Å². The van der Waals surface area contributed by atoms with Crippen LogP contribution in [0.4, 0.5) is 0 Å². The topological polar surface area (TPSA) is 17.1 Å². The van der Waals surface area contributed by atoms with E-state index >= 15 is 0 Å². The zero-order valence-corrected chi connectivity index (χ0v) is 10.8. The van der Waals surface area contributed by atoms with Crippen LogP contribution < -0.4 is 0 Å². The zero-order chi connectivity index (χ0) is 11.6. The smallest absolute Gasteiger partial charge is 0.134 e. The minimum Gasteiger partial charge on any atom is -0.300 e. The Labute approximate surface area is 92.9 Å². The second kappa shape index (κ2) is 2.75. The summed E-state index contributed by atoms with van der Waals surface area (Å²) in [5.74, 6) is 1.21. The van der Waals surface area contributed by atoms with E-state index in [9.17, 15) is 4.79 Å². The molecule has 84 valence electrons. The predicted molar refractivity (Wildman–Crippen MR) is 62.5 cm³/mol. The minimum atomic E-state index is 0.143. The average Bonchev–Trinajstić information content (AvgIpc) is 2.42. The summed E-state index contributed by atoms with van der Waals surface area (Å²) in [5.41, 5.74) is 3.32. The number of carbonyl (C=O) groups excluding carboxylic acids is 1. The molecule has 1 saturated carbocycles. The van der Waals surface area contributed by atoms with E-state index in [1.807, 2.05) is 0 Å². The number of carbonyl (C=O) groups is 1. The molecule has 1 nitrogen and oxygen atoms in total. The van der Waals surface area contributed by atoms with Crippen molar-refractivity contribution in [3.63, 3.8) is 0 Å². The van der Waals surface area contributed by atoms with Crippen molar-refractivity contribution in [3.8, 4) is 0 Å². The van der Waals surface area contributed by atoms with Gasteiger partial charge in [0, 0.05) is 5.92 Å². The molecule has 1 unspecified atom stereocenters. The van der Waals surface area contributed by atoms with Gasteiger partial charge < -0.3 is 0 Å². The summed E-state index contributed by atoms with van der Waals surface area (Å²) < 4.78 is 0. The third kappa shape index (κ3) is 1.07. The van der Waals surface area contributed by atoms with E-state index in [-0.39, 0.29) is 16.7 Å². The maximum absolute atomic E-state index is 11.9. The van der Waals surface area contributed by atoms with Gasteiger partial charge in [-0.25, -0.2) is 0 Å². The van der Waals surface area contributed by atoms with Gasteiger partial charge in [-0.15, -0.1) is 0 Å². The monoisotopic (exact) mass is 206 g/mol. The van der Waals surface area contributed by atoms with Crippen molar-refractivity contribution in [1.29, 1.82) is 0 Å². The van der Waals surface area contributed by atoms with Crippen LogP contribution in [0.2, 0.25) is 0 Å². The number of hydrogen-bond donors (Lipinski definition) is 0. The van der Waals surface area contributed by atoms with E-state index in [1.165, 1.54) is 12.0 Å². The quantitative estimate of drug-likeness (QED) is 0.599. The van der Waals surface area contributed by atoms with Gasteiger partial charge in [0.2, 0.25) is 0 Å². The maximum atomic E-state index is 11.9. The van der Waals surface area contributed by atoms with Gasteiger partial charge in [-0.2, -0.15) is 0 Å². The fourth-order valence-electron chi connectivity index (χ4n) is 4.59. The second-order valence-corrected chi connectivity index (χ2v) is 6.35. The first-order valence-corrected chi connectivity index (χ1v) is 5.91. The largest absolute Gasteiger partial charge is 0.300 e. The SMILES string of the molecule is CC(=O)C1C(C)(C)[C@@H]2C[C@@]1(C)C(C)=C2C. The van der Waals surface area contributed by atoms with Crippen LogP contribution in [0.1, 0.15) is 48.0 Å². The Kier molecular flexibility index (Phi) is 2.00. The molecular weight excluding hydrogens is 184 g/mol. The molecule has 0 aromatic carbocycles. The number of rotatable bonds is 1. The van der Waals surface area contributed by atoms with Crippen molar-refractivity contribution in [3.05, 3.63) is 11.1 Å². The zero-order valence-electron chi connectivity index (χ0n) is 10.8. The highest BCUT2D eigenvalue weighted by molar-refractivity contribution is 5.82. The minimum absolute atomic E-state index is 0.143. The molecule has 3 atom stereocenters. The molecule has 2 bridgehead atoms. The molecule has 2 aliphatic rings. The average molecular weight is 206 g/mol. The molecule has 0 saturated heterocycles. The van der Waals surface area contributed by atoms with Gasteiger partial charge in [0.25, 0.3) is 0 Å². The van der Waals surface area contributed by atoms with Crippen LogP contribution in [0.15, 0.2) is 11.1 Å². The van der Waals surface area contributed by atoms with Crippen molar-refractivity contribution in [1.82, 2.24) is 0 Å². The molecule has 1 heteroatoms. The van der Waals surface area contributed by atoms with Gasteiger partial charge in [0.05, 0.1) is 0 Å². The first kappa shape index (κ1) is 10.9. The van der Waals surface area contributed by atoms with Crippen LogP contribution in [0.25, 0.3) is 0 Å². The van der Waals surface area contributed by atoms with Gasteiger partial charge in [-0.3, -0.25) is 4.79 Å². The van der Waals surface area contributed by atoms with Crippen molar-refractivity contribution in [2.45, 2.75) is 48.0 Å². The maximum Gasteiger partial charge on any atom is 0.134 e. The van der Waals surface area contributed by atoms with Crippen molar-refractivity contribution in [2.24, 2.45) is 22.7 Å². The van der Waals surface area contributed by atoms with Crippen molar-refractivity contribution < 1.29 is 4.79 Å². The number of fused-ring (bicyclic) bond motifs is 2. The summed E-state index contributed by atoms with van der Waals surface area (Å²) in [6.45, 7) is 13.1. The Bertz CT molecular complexity index is 362. The molecule has 2 rings (SSSR count). The van der Waals surface area contributed by atoms with E-state index in [2.05, 4.69) is 34.6 Å². The molecule has 0 radical (unpaired) electrons. The lowest BCUT2D eigenvalue weighted by atomic mass is 9.61. The Morgan fingerprint density at radius 1 is 1.27 bits per heavy atom. The molecular formula is C14H22O. The summed E-state index contributed by atoms with van der Waals surface area (Å²) in [6, 6.07) is 0. The summed E-state index contributed by atoms with van der Waals surface area (Å²) in [5, 5.41) is 0. The van der Waals surface area contributed by atoms with Gasteiger partial charge in [-0.05, 0) is 43.9 Å². The standard InChI is InChI=1S/C14H22O/c1-8-9(2)14(6)7-11(8)13(4,5)12(14)10(3)15/h11-12H,7H2,1-6H3/t11-,12?,14+/m1/s1. The highest BCUT2D eigenvalue weighted by Gasteiger charge is 2.62. The Morgan fingerprint density at radius 3 is 2.20 bits per heavy atom. The molecule has 15 heavy (non-hydrogen) atoms. The van der Waals surface area contributed by atoms with Crippen LogP contribution in [0, 0.1) is 22.7 Å². The third-order valence-electron chi connectivity index (χ3n) is 5.28. The van der Waals surface area contributed by atoms with Gasteiger partial charge in [-0.1, -0.05) is 31.9 Å². The van der Waals surface area contributed by atoms with E-state index in [1.54, 1.807) is 12.5 Å². The number of Topliss-reactive ketones (excluding diaryl/α,β-unsaturated/α-hetero) is 1. The van der Waals surface area contributed by atoms with Crippen molar-refractivity contribution in [2.75, 3.05) is 0 Å².